The molecule has 1 aromatic heterocycles. The molecule has 2 aromatic rings. The first-order valence-corrected chi connectivity index (χ1v) is 6.46. The van der Waals surface area contributed by atoms with E-state index in [1.807, 2.05) is 18.2 Å². The summed E-state index contributed by atoms with van der Waals surface area (Å²) in [5.41, 5.74) is 8.54. The summed E-state index contributed by atoms with van der Waals surface area (Å²) in [7, 11) is 0. The van der Waals surface area contributed by atoms with Crippen LogP contribution in [0.1, 0.15) is 22.0 Å². The molecule has 0 bridgehead atoms. The van der Waals surface area contributed by atoms with Gasteiger partial charge in [0.05, 0.1) is 0 Å². The van der Waals surface area contributed by atoms with Crippen LogP contribution in [0, 0.1) is 6.92 Å². The topological polar surface area (TPSA) is 26.0 Å². The van der Waals surface area contributed by atoms with Crippen LogP contribution in [-0.4, -0.2) is 0 Å². The minimum absolute atomic E-state index is 0.0518. The minimum Gasteiger partial charge on any atom is -0.324 e. The Balaban J connectivity index is 2.17. The van der Waals surface area contributed by atoms with Gasteiger partial charge in [0.15, 0.2) is 0 Å². The van der Waals surface area contributed by atoms with Crippen LogP contribution < -0.4 is 5.73 Å². The molecule has 84 valence electrons. The molecular weight excluding hydrogens is 238 g/mol. The summed E-state index contributed by atoms with van der Waals surface area (Å²) >= 11 is 7.67. The maximum Gasteiger partial charge on any atom is 0.0408 e. The number of hydrogen-bond acceptors (Lipinski definition) is 2. The van der Waals surface area contributed by atoms with Gasteiger partial charge in [-0.25, -0.2) is 0 Å². The smallest absolute Gasteiger partial charge is 0.0408 e. The summed E-state index contributed by atoms with van der Waals surface area (Å²) in [6.07, 6.45) is 0.889. The SMILES string of the molecule is Cc1cc(Cl)ccc1C(N)Cc1cccs1. The van der Waals surface area contributed by atoms with Gasteiger partial charge in [0.1, 0.15) is 0 Å². The van der Waals surface area contributed by atoms with Crippen LogP contribution in [0.2, 0.25) is 5.02 Å². The van der Waals surface area contributed by atoms with Crippen molar-refractivity contribution in [2.24, 2.45) is 5.73 Å². The van der Waals surface area contributed by atoms with Crippen molar-refractivity contribution in [2.75, 3.05) is 0 Å². The number of rotatable bonds is 3. The van der Waals surface area contributed by atoms with Crippen LogP contribution in [0.5, 0.6) is 0 Å². The molecule has 0 aliphatic rings. The van der Waals surface area contributed by atoms with Crippen LogP contribution in [0.15, 0.2) is 35.7 Å². The van der Waals surface area contributed by atoms with Crippen LogP contribution in [0.3, 0.4) is 0 Å². The van der Waals surface area contributed by atoms with E-state index in [2.05, 4.69) is 24.4 Å². The molecule has 16 heavy (non-hydrogen) atoms. The van der Waals surface area contributed by atoms with Crippen LogP contribution >= 0.6 is 22.9 Å². The second-order valence-electron chi connectivity index (χ2n) is 3.89. The van der Waals surface area contributed by atoms with Crippen molar-refractivity contribution in [3.63, 3.8) is 0 Å². The van der Waals surface area contributed by atoms with Crippen LogP contribution in [0.25, 0.3) is 0 Å². The average molecular weight is 252 g/mol. The monoisotopic (exact) mass is 251 g/mol. The van der Waals surface area contributed by atoms with Crippen LogP contribution in [0.4, 0.5) is 0 Å². The maximum atomic E-state index is 6.20. The van der Waals surface area contributed by atoms with E-state index in [1.165, 1.54) is 10.4 Å². The second kappa shape index (κ2) is 5.00. The Kier molecular flexibility index (Phi) is 3.64. The van der Waals surface area contributed by atoms with Crippen molar-refractivity contribution in [3.8, 4) is 0 Å². The third-order valence-corrected chi connectivity index (χ3v) is 3.77. The largest absolute Gasteiger partial charge is 0.324 e. The zero-order chi connectivity index (χ0) is 11.5. The van der Waals surface area contributed by atoms with Crippen molar-refractivity contribution in [1.82, 2.24) is 0 Å². The first kappa shape index (κ1) is 11.6. The van der Waals surface area contributed by atoms with Gasteiger partial charge in [-0.15, -0.1) is 11.3 Å². The molecule has 0 saturated carbocycles. The third kappa shape index (κ3) is 2.64. The summed E-state index contributed by atoms with van der Waals surface area (Å²) in [5.74, 6) is 0. The summed E-state index contributed by atoms with van der Waals surface area (Å²) in [6, 6.07) is 10.1. The van der Waals surface area contributed by atoms with E-state index in [4.69, 9.17) is 17.3 Å². The molecule has 2 N–H and O–H groups in total. The molecule has 0 aliphatic carbocycles. The van der Waals surface area contributed by atoms with Crippen LogP contribution in [-0.2, 0) is 6.42 Å². The third-order valence-electron chi connectivity index (χ3n) is 2.63. The predicted molar refractivity (Wildman–Crippen MR) is 71.1 cm³/mol. The average Bonchev–Trinajstić information content (AvgIpc) is 2.70. The summed E-state index contributed by atoms with van der Waals surface area (Å²) in [6.45, 7) is 2.05. The Labute approximate surface area is 105 Å². The molecular formula is C13H14ClNS. The van der Waals surface area contributed by atoms with E-state index in [0.29, 0.717) is 0 Å². The molecule has 1 nitrogen and oxygen atoms in total. The number of halogens is 1. The highest BCUT2D eigenvalue weighted by molar-refractivity contribution is 7.09. The minimum atomic E-state index is 0.0518. The molecule has 1 aromatic carbocycles. The van der Waals surface area contributed by atoms with Crippen molar-refractivity contribution >= 4 is 22.9 Å². The van der Waals surface area contributed by atoms with Gasteiger partial charge in [0, 0.05) is 22.4 Å². The zero-order valence-electron chi connectivity index (χ0n) is 9.11. The zero-order valence-corrected chi connectivity index (χ0v) is 10.7. The number of aryl methyl sites for hydroxylation is 1. The van der Waals surface area contributed by atoms with Gasteiger partial charge in [-0.3, -0.25) is 0 Å². The number of benzene rings is 1. The Morgan fingerprint density at radius 3 is 2.81 bits per heavy atom. The lowest BCUT2D eigenvalue weighted by atomic mass is 9.99. The van der Waals surface area contributed by atoms with E-state index in [1.54, 1.807) is 11.3 Å². The lowest BCUT2D eigenvalue weighted by Gasteiger charge is -2.14. The molecule has 0 radical (unpaired) electrons. The maximum absolute atomic E-state index is 6.20. The molecule has 1 atom stereocenters. The van der Waals surface area contributed by atoms with Gasteiger partial charge < -0.3 is 5.73 Å². The van der Waals surface area contributed by atoms with E-state index in [-0.39, 0.29) is 6.04 Å². The van der Waals surface area contributed by atoms with Crippen molar-refractivity contribution < 1.29 is 0 Å². The number of nitrogens with two attached hydrogens (primary N) is 1. The first-order chi connectivity index (χ1) is 7.66. The summed E-state index contributed by atoms with van der Waals surface area (Å²) in [5, 5.41) is 2.85. The lowest BCUT2D eigenvalue weighted by Crippen LogP contribution is -2.13. The molecule has 3 heteroatoms. The van der Waals surface area contributed by atoms with Gasteiger partial charge in [0.25, 0.3) is 0 Å². The second-order valence-corrected chi connectivity index (χ2v) is 5.36. The number of hydrogen-bond donors (Lipinski definition) is 1. The molecule has 1 unspecified atom stereocenters. The molecule has 0 aliphatic heterocycles. The highest BCUT2D eigenvalue weighted by Crippen LogP contribution is 2.24. The molecule has 0 spiro atoms. The van der Waals surface area contributed by atoms with Gasteiger partial charge in [0.2, 0.25) is 0 Å². The highest BCUT2D eigenvalue weighted by atomic mass is 35.5. The van der Waals surface area contributed by atoms with Crippen molar-refractivity contribution in [3.05, 3.63) is 56.7 Å². The fourth-order valence-electron chi connectivity index (χ4n) is 1.81. The summed E-state index contributed by atoms with van der Waals surface area (Å²) in [4.78, 5) is 1.32. The first-order valence-electron chi connectivity index (χ1n) is 5.21. The molecule has 1 heterocycles. The summed E-state index contributed by atoms with van der Waals surface area (Å²) < 4.78 is 0. The van der Waals surface area contributed by atoms with Gasteiger partial charge in [-0.2, -0.15) is 0 Å². The van der Waals surface area contributed by atoms with E-state index < -0.39 is 0 Å². The molecule has 0 amide bonds. The Hall–Kier alpha value is -0.830. The van der Waals surface area contributed by atoms with Crippen molar-refractivity contribution in [1.29, 1.82) is 0 Å². The van der Waals surface area contributed by atoms with Gasteiger partial charge in [-0.1, -0.05) is 23.7 Å². The lowest BCUT2D eigenvalue weighted by molar-refractivity contribution is 0.725. The predicted octanol–water partition coefficient (Wildman–Crippen LogP) is 3.95. The van der Waals surface area contributed by atoms with E-state index in [0.717, 1.165) is 17.0 Å². The normalized spacial score (nSPS) is 12.7. The quantitative estimate of drug-likeness (QED) is 0.878. The standard InChI is InChI=1S/C13H14ClNS/c1-9-7-10(14)4-5-12(9)13(15)8-11-3-2-6-16-11/h2-7,13H,8,15H2,1H3. The number of thiophene rings is 1. The van der Waals surface area contributed by atoms with Gasteiger partial charge in [-0.05, 0) is 41.6 Å². The van der Waals surface area contributed by atoms with E-state index >= 15 is 0 Å². The Morgan fingerprint density at radius 2 is 2.19 bits per heavy atom. The highest BCUT2D eigenvalue weighted by Gasteiger charge is 2.10. The molecule has 0 fully saturated rings. The Morgan fingerprint density at radius 1 is 1.38 bits per heavy atom. The fourth-order valence-corrected chi connectivity index (χ4v) is 2.80. The Bertz CT molecular complexity index is 465. The van der Waals surface area contributed by atoms with Gasteiger partial charge >= 0.3 is 0 Å². The van der Waals surface area contributed by atoms with E-state index in [9.17, 15) is 0 Å². The molecule has 0 saturated heterocycles. The fraction of sp³-hybridized carbons (Fsp3) is 0.231. The molecule has 2 rings (SSSR count). The van der Waals surface area contributed by atoms with Crippen molar-refractivity contribution in [2.45, 2.75) is 19.4 Å².